The van der Waals surface area contributed by atoms with Crippen molar-refractivity contribution in [1.29, 1.82) is 0 Å². The zero-order valence-corrected chi connectivity index (χ0v) is 13.6. The molecular weight excluding hydrogens is 248 g/mol. The Morgan fingerprint density at radius 1 is 1.25 bits per heavy atom. The van der Waals surface area contributed by atoms with Gasteiger partial charge in [-0.1, -0.05) is 26.7 Å². The summed E-state index contributed by atoms with van der Waals surface area (Å²) in [4.78, 5) is 15.1. The molecule has 1 saturated heterocycles. The fourth-order valence-electron chi connectivity index (χ4n) is 4.21. The van der Waals surface area contributed by atoms with Crippen LogP contribution in [0.4, 0.5) is 0 Å². The molecule has 1 N–H and O–H groups in total. The minimum absolute atomic E-state index is 0.106. The smallest absolute Gasteiger partial charge is 0.230 e. The van der Waals surface area contributed by atoms with E-state index in [0.29, 0.717) is 11.9 Å². The normalized spacial score (nSPS) is 34.1. The predicted molar refractivity (Wildman–Crippen MR) is 83.6 cm³/mol. The van der Waals surface area contributed by atoms with E-state index in [4.69, 9.17) is 0 Å². The molecular formula is C17H32N2O. The Morgan fingerprint density at radius 3 is 2.45 bits per heavy atom. The fraction of sp³-hybridized carbons (Fsp3) is 0.941. The topological polar surface area (TPSA) is 32.3 Å². The highest BCUT2D eigenvalue weighted by atomic mass is 16.2. The molecule has 3 nitrogen and oxygen atoms in total. The van der Waals surface area contributed by atoms with Crippen molar-refractivity contribution in [3.05, 3.63) is 0 Å². The molecule has 0 aromatic heterocycles. The molecule has 1 aliphatic heterocycles. The summed E-state index contributed by atoms with van der Waals surface area (Å²) in [5.74, 6) is 1.30. The number of carbonyl (C=O) groups is 1. The number of amides is 1. The second-order valence-corrected chi connectivity index (χ2v) is 6.96. The molecule has 2 aliphatic rings. The van der Waals surface area contributed by atoms with Crippen LogP contribution in [0.3, 0.4) is 0 Å². The van der Waals surface area contributed by atoms with Gasteiger partial charge in [-0.05, 0) is 51.0 Å². The van der Waals surface area contributed by atoms with E-state index in [9.17, 15) is 4.79 Å². The molecule has 1 atom stereocenters. The van der Waals surface area contributed by atoms with Crippen molar-refractivity contribution in [2.45, 2.75) is 71.3 Å². The molecule has 0 aromatic rings. The van der Waals surface area contributed by atoms with E-state index in [1.807, 2.05) is 0 Å². The summed E-state index contributed by atoms with van der Waals surface area (Å²) in [5, 5.41) is 3.41. The van der Waals surface area contributed by atoms with Crippen LogP contribution in [0.15, 0.2) is 0 Å². The van der Waals surface area contributed by atoms with Gasteiger partial charge >= 0.3 is 0 Å². The van der Waals surface area contributed by atoms with Crippen LogP contribution in [-0.2, 0) is 4.79 Å². The average molecular weight is 280 g/mol. The Balaban J connectivity index is 1.97. The minimum Gasteiger partial charge on any atom is -0.342 e. The van der Waals surface area contributed by atoms with Crippen molar-refractivity contribution >= 4 is 5.91 Å². The third-order valence-corrected chi connectivity index (χ3v) is 5.69. The Hall–Kier alpha value is -0.570. The molecule has 1 unspecified atom stereocenters. The van der Waals surface area contributed by atoms with Crippen LogP contribution in [0.5, 0.6) is 0 Å². The molecule has 0 radical (unpaired) electrons. The lowest BCUT2D eigenvalue weighted by Crippen LogP contribution is -2.48. The minimum atomic E-state index is -0.106. The quantitative estimate of drug-likeness (QED) is 0.839. The highest BCUT2D eigenvalue weighted by Gasteiger charge is 2.43. The lowest BCUT2D eigenvalue weighted by Gasteiger charge is -2.39. The number of rotatable bonds is 5. The van der Waals surface area contributed by atoms with Gasteiger partial charge in [-0.15, -0.1) is 0 Å². The first-order chi connectivity index (χ1) is 9.63. The Labute approximate surface area is 124 Å². The van der Waals surface area contributed by atoms with Gasteiger partial charge in [-0.3, -0.25) is 4.79 Å². The number of nitrogens with zero attached hydrogens (tertiary/aromatic N) is 1. The van der Waals surface area contributed by atoms with Crippen LogP contribution < -0.4 is 5.32 Å². The van der Waals surface area contributed by atoms with Gasteiger partial charge in [0, 0.05) is 19.6 Å². The first kappa shape index (κ1) is 15.8. The number of carbonyl (C=O) groups excluding carboxylic acids is 1. The van der Waals surface area contributed by atoms with Gasteiger partial charge in [0.05, 0.1) is 5.41 Å². The van der Waals surface area contributed by atoms with Crippen molar-refractivity contribution in [2.75, 3.05) is 20.1 Å². The third kappa shape index (κ3) is 3.19. The highest BCUT2D eigenvalue weighted by molar-refractivity contribution is 5.83. The van der Waals surface area contributed by atoms with E-state index >= 15 is 0 Å². The van der Waals surface area contributed by atoms with E-state index in [2.05, 4.69) is 31.1 Å². The van der Waals surface area contributed by atoms with Gasteiger partial charge in [-0.2, -0.15) is 0 Å². The van der Waals surface area contributed by atoms with Crippen LogP contribution in [0.25, 0.3) is 0 Å². The van der Waals surface area contributed by atoms with Crippen molar-refractivity contribution in [3.63, 3.8) is 0 Å². The van der Waals surface area contributed by atoms with Crippen molar-refractivity contribution in [2.24, 2.45) is 11.3 Å². The first-order valence-electron chi connectivity index (χ1n) is 8.61. The van der Waals surface area contributed by atoms with E-state index in [1.165, 1.54) is 32.1 Å². The van der Waals surface area contributed by atoms with E-state index in [0.717, 1.165) is 38.3 Å². The molecule has 0 bridgehead atoms. The first-order valence-corrected chi connectivity index (χ1v) is 8.61. The maximum atomic E-state index is 13.0. The van der Waals surface area contributed by atoms with Crippen LogP contribution in [0.1, 0.15) is 65.2 Å². The number of nitrogens with one attached hydrogen (secondary N) is 1. The molecule has 0 spiro atoms. The maximum absolute atomic E-state index is 13.0. The monoisotopic (exact) mass is 280 g/mol. The van der Waals surface area contributed by atoms with Crippen LogP contribution in [-0.4, -0.2) is 37.0 Å². The zero-order valence-electron chi connectivity index (χ0n) is 13.6. The summed E-state index contributed by atoms with van der Waals surface area (Å²) in [5.41, 5.74) is -0.106. The number of hydrogen-bond donors (Lipinski definition) is 1. The standard InChI is InChI=1S/C17H32N2O/c1-4-10-17(11-12-18-13-17)16(20)19(3)15-8-6-14(5-2)7-9-15/h14-15,18H,4-13H2,1-3H3. The van der Waals surface area contributed by atoms with Crippen LogP contribution in [0.2, 0.25) is 0 Å². The molecule has 20 heavy (non-hydrogen) atoms. The van der Waals surface area contributed by atoms with Gasteiger partial charge in [0.15, 0.2) is 0 Å². The van der Waals surface area contributed by atoms with E-state index < -0.39 is 0 Å². The summed E-state index contributed by atoms with van der Waals surface area (Å²) in [6.45, 7) is 6.37. The van der Waals surface area contributed by atoms with Crippen molar-refractivity contribution in [1.82, 2.24) is 10.2 Å². The predicted octanol–water partition coefficient (Wildman–Crippen LogP) is 3.19. The molecule has 1 aliphatic carbocycles. The van der Waals surface area contributed by atoms with Gasteiger partial charge in [0.1, 0.15) is 0 Å². The fourth-order valence-corrected chi connectivity index (χ4v) is 4.21. The molecule has 1 heterocycles. The highest BCUT2D eigenvalue weighted by Crippen LogP contribution is 2.36. The Kier molecular flexibility index (Phi) is 5.48. The summed E-state index contributed by atoms with van der Waals surface area (Å²) < 4.78 is 0. The van der Waals surface area contributed by atoms with Gasteiger partial charge in [-0.25, -0.2) is 0 Å². The Morgan fingerprint density at radius 2 is 1.95 bits per heavy atom. The number of hydrogen-bond acceptors (Lipinski definition) is 2. The van der Waals surface area contributed by atoms with Crippen LogP contribution >= 0.6 is 0 Å². The summed E-state index contributed by atoms with van der Waals surface area (Å²) in [6, 6.07) is 0.486. The zero-order chi connectivity index (χ0) is 14.6. The Bertz CT molecular complexity index is 315. The molecule has 3 heteroatoms. The molecule has 2 rings (SSSR count). The molecule has 1 saturated carbocycles. The average Bonchev–Trinajstić information content (AvgIpc) is 2.96. The summed E-state index contributed by atoms with van der Waals surface area (Å²) >= 11 is 0. The van der Waals surface area contributed by atoms with Crippen molar-refractivity contribution in [3.8, 4) is 0 Å². The van der Waals surface area contributed by atoms with Gasteiger partial charge < -0.3 is 10.2 Å². The molecule has 2 fully saturated rings. The largest absolute Gasteiger partial charge is 0.342 e. The molecule has 0 aromatic carbocycles. The van der Waals surface area contributed by atoms with Gasteiger partial charge in [0.2, 0.25) is 5.91 Å². The SMILES string of the molecule is CCCC1(C(=O)N(C)C2CCC(CC)CC2)CCNC1. The van der Waals surface area contributed by atoms with E-state index in [1.54, 1.807) is 0 Å². The van der Waals surface area contributed by atoms with Crippen LogP contribution in [0, 0.1) is 11.3 Å². The second kappa shape index (κ2) is 6.93. The summed E-state index contributed by atoms with van der Waals surface area (Å²) in [7, 11) is 2.05. The lowest BCUT2D eigenvalue weighted by atomic mass is 9.79. The molecule has 1 amide bonds. The summed E-state index contributed by atoms with van der Waals surface area (Å²) in [6.07, 6.45) is 9.47. The molecule has 116 valence electrons. The van der Waals surface area contributed by atoms with Crippen molar-refractivity contribution < 1.29 is 4.79 Å². The maximum Gasteiger partial charge on any atom is 0.230 e. The second-order valence-electron chi connectivity index (χ2n) is 6.96. The van der Waals surface area contributed by atoms with E-state index in [-0.39, 0.29) is 5.41 Å². The van der Waals surface area contributed by atoms with Gasteiger partial charge in [0.25, 0.3) is 0 Å². The lowest BCUT2D eigenvalue weighted by molar-refractivity contribution is -0.143. The third-order valence-electron chi connectivity index (χ3n) is 5.69.